The molecule has 0 saturated carbocycles. The molecular formula is C16H25N3O2. The number of nitrogens with zero attached hydrogens (tertiary/aromatic N) is 1. The predicted octanol–water partition coefficient (Wildman–Crippen LogP) is 0.266. The molecule has 1 amide bonds. The van der Waals surface area contributed by atoms with Crippen LogP contribution < -0.4 is 10.6 Å². The van der Waals surface area contributed by atoms with Gasteiger partial charge in [-0.05, 0) is 19.0 Å². The van der Waals surface area contributed by atoms with Gasteiger partial charge in [-0.1, -0.05) is 30.3 Å². The highest BCUT2D eigenvalue weighted by Crippen LogP contribution is 2.06. The molecule has 116 valence electrons. The molecule has 1 aliphatic heterocycles. The number of carbonyl (C=O) groups is 1. The van der Waals surface area contributed by atoms with Crippen LogP contribution in [0.15, 0.2) is 30.3 Å². The lowest BCUT2D eigenvalue weighted by Gasteiger charge is -2.31. The minimum absolute atomic E-state index is 0.0479. The van der Waals surface area contributed by atoms with Gasteiger partial charge in [0.1, 0.15) is 0 Å². The Kier molecular flexibility index (Phi) is 6.66. The maximum atomic E-state index is 11.9. The van der Waals surface area contributed by atoms with Crippen molar-refractivity contribution in [2.45, 2.75) is 12.5 Å². The van der Waals surface area contributed by atoms with Crippen molar-refractivity contribution in [1.82, 2.24) is 15.5 Å². The van der Waals surface area contributed by atoms with E-state index in [1.807, 2.05) is 18.2 Å². The average molecular weight is 291 g/mol. The minimum atomic E-state index is 0.0479. The monoisotopic (exact) mass is 291 g/mol. The van der Waals surface area contributed by atoms with Gasteiger partial charge >= 0.3 is 0 Å². The molecule has 21 heavy (non-hydrogen) atoms. The number of carbonyl (C=O) groups excluding carboxylic acids is 1. The lowest BCUT2D eigenvalue weighted by Crippen LogP contribution is -2.49. The van der Waals surface area contributed by atoms with E-state index in [2.05, 4.69) is 27.7 Å². The van der Waals surface area contributed by atoms with Gasteiger partial charge in [-0.2, -0.15) is 0 Å². The number of benzene rings is 1. The molecule has 0 radical (unpaired) electrons. The number of hydrogen-bond acceptors (Lipinski definition) is 4. The first-order chi connectivity index (χ1) is 10.3. The van der Waals surface area contributed by atoms with E-state index >= 15 is 0 Å². The van der Waals surface area contributed by atoms with E-state index < -0.39 is 0 Å². The topological polar surface area (TPSA) is 53.6 Å². The molecule has 1 aromatic rings. The van der Waals surface area contributed by atoms with Gasteiger partial charge in [-0.15, -0.1) is 0 Å². The number of rotatable bonds is 7. The van der Waals surface area contributed by atoms with E-state index in [4.69, 9.17) is 4.74 Å². The molecule has 0 aromatic heterocycles. The molecular weight excluding hydrogens is 266 g/mol. The van der Waals surface area contributed by atoms with Crippen LogP contribution in [0.25, 0.3) is 0 Å². The van der Waals surface area contributed by atoms with Crippen LogP contribution in [0, 0.1) is 0 Å². The third kappa shape index (κ3) is 5.83. The van der Waals surface area contributed by atoms with E-state index in [1.54, 1.807) is 7.05 Å². The molecule has 2 N–H and O–H groups in total. The Hall–Kier alpha value is -1.43. The Balaban J connectivity index is 1.93. The second-order valence-electron chi connectivity index (χ2n) is 5.40. The fourth-order valence-corrected chi connectivity index (χ4v) is 2.59. The molecule has 1 atom stereocenters. The van der Waals surface area contributed by atoms with Crippen molar-refractivity contribution in [1.29, 1.82) is 0 Å². The number of amides is 1. The number of ether oxygens (including phenoxy) is 1. The standard InChI is InChI=1S/C16H25N3O2/c1-17-12-16(20)18-15(11-14-5-3-2-4-6-14)13-19-7-9-21-10-8-19/h2-6,15,17H,7-13H2,1H3,(H,18,20). The van der Waals surface area contributed by atoms with E-state index in [9.17, 15) is 4.79 Å². The first kappa shape index (κ1) is 15.9. The van der Waals surface area contributed by atoms with Crippen molar-refractivity contribution < 1.29 is 9.53 Å². The van der Waals surface area contributed by atoms with Gasteiger partial charge in [-0.25, -0.2) is 0 Å². The van der Waals surface area contributed by atoms with Crippen molar-refractivity contribution in [3.05, 3.63) is 35.9 Å². The second kappa shape index (κ2) is 8.77. The predicted molar refractivity (Wildman–Crippen MR) is 83.3 cm³/mol. The van der Waals surface area contributed by atoms with Crippen LogP contribution in [0.2, 0.25) is 0 Å². The van der Waals surface area contributed by atoms with Crippen LogP contribution in [0.4, 0.5) is 0 Å². The number of hydrogen-bond donors (Lipinski definition) is 2. The maximum absolute atomic E-state index is 11.9. The lowest BCUT2D eigenvalue weighted by molar-refractivity contribution is -0.121. The number of morpholine rings is 1. The molecule has 0 aliphatic carbocycles. The summed E-state index contributed by atoms with van der Waals surface area (Å²) in [6, 6.07) is 10.4. The highest BCUT2D eigenvalue weighted by molar-refractivity contribution is 5.78. The van der Waals surface area contributed by atoms with Crippen molar-refractivity contribution in [3.63, 3.8) is 0 Å². The molecule has 1 heterocycles. The summed E-state index contributed by atoms with van der Waals surface area (Å²) in [4.78, 5) is 14.2. The Morgan fingerprint density at radius 2 is 2.00 bits per heavy atom. The van der Waals surface area contributed by atoms with Gasteiger partial charge in [0.2, 0.25) is 5.91 Å². The van der Waals surface area contributed by atoms with Crippen LogP contribution in [0.3, 0.4) is 0 Å². The number of nitrogens with one attached hydrogen (secondary N) is 2. The molecule has 1 aliphatic rings. The third-order valence-electron chi connectivity index (χ3n) is 3.61. The zero-order valence-electron chi connectivity index (χ0n) is 12.7. The van der Waals surface area contributed by atoms with E-state index in [-0.39, 0.29) is 11.9 Å². The number of likely N-dealkylation sites (N-methyl/N-ethyl adjacent to an activating group) is 1. The fraction of sp³-hybridized carbons (Fsp3) is 0.562. The summed E-state index contributed by atoms with van der Waals surface area (Å²) in [7, 11) is 1.79. The summed E-state index contributed by atoms with van der Waals surface area (Å²) < 4.78 is 5.38. The molecule has 1 unspecified atom stereocenters. The normalized spacial score (nSPS) is 17.4. The van der Waals surface area contributed by atoms with Crippen molar-refractivity contribution in [3.8, 4) is 0 Å². The van der Waals surface area contributed by atoms with Crippen LogP contribution in [0.1, 0.15) is 5.56 Å². The quantitative estimate of drug-likeness (QED) is 0.757. The minimum Gasteiger partial charge on any atom is -0.379 e. The smallest absolute Gasteiger partial charge is 0.234 e. The van der Waals surface area contributed by atoms with Gasteiger partial charge in [0.25, 0.3) is 0 Å². The Morgan fingerprint density at radius 3 is 2.67 bits per heavy atom. The zero-order valence-corrected chi connectivity index (χ0v) is 12.7. The average Bonchev–Trinajstić information content (AvgIpc) is 2.49. The molecule has 0 bridgehead atoms. The van der Waals surface area contributed by atoms with Gasteiger partial charge in [0.15, 0.2) is 0 Å². The summed E-state index contributed by atoms with van der Waals surface area (Å²) in [5.74, 6) is 0.0479. The second-order valence-corrected chi connectivity index (χ2v) is 5.40. The SMILES string of the molecule is CNCC(=O)NC(Cc1ccccc1)CN1CCOCC1. The van der Waals surface area contributed by atoms with Crippen LogP contribution in [-0.4, -0.2) is 63.3 Å². The molecule has 2 rings (SSSR count). The summed E-state index contributed by atoms with van der Waals surface area (Å²) in [6.45, 7) is 4.66. The van der Waals surface area contributed by atoms with E-state index in [0.717, 1.165) is 39.3 Å². The Bertz CT molecular complexity index is 419. The van der Waals surface area contributed by atoms with Crippen LogP contribution in [-0.2, 0) is 16.0 Å². The van der Waals surface area contributed by atoms with Gasteiger partial charge in [-0.3, -0.25) is 9.69 Å². The zero-order chi connectivity index (χ0) is 14.9. The lowest BCUT2D eigenvalue weighted by atomic mass is 10.1. The van der Waals surface area contributed by atoms with Gasteiger partial charge in [0.05, 0.1) is 19.8 Å². The van der Waals surface area contributed by atoms with Crippen molar-refractivity contribution in [2.24, 2.45) is 0 Å². The highest BCUT2D eigenvalue weighted by Gasteiger charge is 2.18. The molecule has 5 nitrogen and oxygen atoms in total. The Morgan fingerprint density at radius 1 is 1.29 bits per heavy atom. The highest BCUT2D eigenvalue weighted by atomic mass is 16.5. The van der Waals surface area contributed by atoms with Crippen LogP contribution >= 0.6 is 0 Å². The molecule has 1 fully saturated rings. The van der Waals surface area contributed by atoms with Crippen molar-refractivity contribution in [2.75, 3.05) is 46.4 Å². The molecule has 5 heteroatoms. The molecule has 0 spiro atoms. The molecule has 1 saturated heterocycles. The summed E-state index contributed by atoms with van der Waals surface area (Å²) in [5, 5.41) is 6.02. The van der Waals surface area contributed by atoms with Crippen molar-refractivity contribution >= 4 is 5.91 Å². The van der Waals surface area contributed by atoms with E-state index in [0.29, 0.717) is 6.54 Å². The largest absolute Gasteiger partial charge is 0.379 e. The summed E-state index contributed by atoms with van der Waals surface area (Å²) in [6.07, 6.45) is 0.855. The third-order valence-corrected chi connectivity index (χ3v) is 3.61. The first-order valence-corrected chi connectivity index (χ1v) is 7.56. The first-order valence-electron chi connectivity index (χ1n) is 7.56. The fourth-order valence-electron chi connectivity index (χ4n) is 2.59. The molecule has 1 aromatic carbocycles. The van der Waals surface area contributed by atoms with E-state index in [1.165, 1.54) is 5.56 Å². The van der Waals surface area contributed by atoms with Gasteiger partial charge < -0.3 is 15.4 Å². The van der Waals surface area contributed by atoms with Gasteiger partial charge in [0, 0.05) is 25.7 Å². The Labute approximate surface area is 126 Å². The summed E-state index contributed by atoms with van der Waals surface area (Å²) in [5.41, 5.74) is 1.25. The van der Waals surface area contributed by atoms with Crippen LogP contribution in [0.5, 0.6) is 0 Å². The maximum Gasteiger partial charge on any atom is 0.234 e. The summed E-state index contributed by atoms with van der Waals surface area (Å²) >= 11 is 0.